The minimum absolute atomic E-state index is 0.00799. The number of hydrogen-bond acceptors (Lipinski definition) is 4. The molecule has 13 heavy (non-hydrogen) atoms. The molecule has 0 aliphatic rings. The van der Waals surface area contributed by atoms with Crippen molar-refractivity contribution in [2.75, 3.05) is 11.0 Å². The van der Waals surface area contributed by atoms with E-state index in [9.17, 15) is 8.42 Å². The van der Waals surface area contributed by atoms with Crippen LogP contribution in [-0.4, -0.2) is 24.6 Å². The summed E-state index contributed by atoms with van der Waals surface area (Å²) in [4.78, 5) is 7.48. The molecule has 0 radical (unpaired) electrons. The smallest absolute Gasteiger partial charge is 0.231 e. The van der Waals surface area contributed by atoms with E-state index in [2.05, 4.69) is 30.6 Å². The Morgan fingerprint density at radius 2 is 2.23 bits per heavy atom. The second-order valence-corrected chi connectivity index (χ2v) is 5.13. The van der Waals surface area contributed by atoms with Crippen molar-refractivity contribution in [3.63, 3.8) is 0 Å². The Labute approximate surface area is 88.7 Å². The van der Waals surface area contributed by atoms with E-state index in [1.165, 1.54) is 6.20 Å². The number of halogens is 2. The third kappa shape index (κ3) is 3.45. The molecule has 0 aliphatic carbocycles. The van der Waals surface area contributed by atoms with Gasteiger partial charge in [-0.2, -0.15) is 0 Å². The number of hydrogen-bond donors (Lipinski definition) is 1. The third-order valence-corrected chi connectivity index (χ3v) is 2.20. The monoisotopic (exact) mass is 285 g/mol. The molecule has 8 heteroatoms. The van der Waals surface area contributed by atoms with Gasteiger partial charge in [-0.05, 0) is 15.9 Å². The third-order valence-electron chi connectivity index (χ3n) is 0.981. The predicted molar refractivity (Wildman–Crippen MR) is 53.2 cm³/mol. The van der Waals surface area contributed by atoms with Crippen molar-refractivity contribution in [2.24, 2.45) is 0 Å². The van der Waals surface area contributed by atoms with Crippen LogP contribution in [0.2, 0.25) is 5.15 Å². The Morgan fingerprint density at radius 1 is 1.62 bits per heavy atom. The van der Waals surface area contributed by atoms with Gasteiger partial charge < -0.3 is 0 Å². The molecule has 1 aromatic heterocycles. The lowest BCUT2D eigenvalue weighted by molar-refractivity contribution is 0.606. The number of sulfonamides is 1. The van der Waals surface area contributed by atoms with Gasteiger partial charge in [0.1, 0.15) is 4.60 Å². The highest BCUT2D eigenvalue weighted by Gasteiger charge is 2.08. The molecule has 0 aliphatic heterocycles. The zero-order valence-electron chi connectivity index (χ0n) is 6.45. The lowest BCUT2D eigenvalue weighted by atomic mass is 10.7. The Bertz CT molecular complexity index is 422. The fourth-order valence-corrected chi connectivity index (χ4v) is 1.56. The summed E-state index contributed by atoms with van der Waals surface area (Å²) < 4.78 is 24.2. The molecular formula is C5H5BrClN3O2S. The van der Waals surface area contributed by atoms with Gasteiger partial charge in [-0.3, -0.25) is 4.72 Å². The van der Waals surface area contributed by atoms with Crippen LogP contribution in [0.5, 0.6) is 0 Å². The molecule has 1 aromatic rings. The van der Waals surface area contributed by atoms with Gasteiger partial charge in [0, 0.05) is 0 Å². The normalized spacial score (nSPS) is 11.3. The zero-order valence-corrected chi connectivity index (χ0v) is 9.61. The van der Waals surface area contributed by atoms with E-state index in [0.717, 1.165) is 6.26 Å². The second-order valence-electron chi connectivity index (χ2n) is 2.21. The van der Waals surface area contributed by atoms with Crippen LogP contribution in [0.15, 0.2) is 10.8 Å². The molecule has 0 bridgehead atoms. The minimum Gasteiger partial charge on any atom is -0.265 e. The molecular weight excluding hydrogens is 281 g/mol. The van der Waals surface area contributed by atoms with Crippen LogP contribution < -0.4 is 4.72 Å². The number of nitrogens with zero attached hydrogens (tertiary/aromatic N) is 2. The van der Waals surface area contributed by atoms with E-state index in [0.29, 0.717) is 4.60 Å². The molecule has 0 saturated carbocycles. The van der Waals surface area contributed by atoms with Crippen molar-refractivity contribution >= 4 is 43.4 Å². The van der Waals surface area contributed by atoms with Crippen molar-refractivity contribution in [3.05, 3.63) is 16.0 Å². The van der Waals surface area contributed by atoms with Gasteiger partial charge >= 0.3 is 0 Å². The van der Waals surface area contributed by atoms with Crippen LogP contribution in [0.25, 0.3) is 0 Å². The van der Waals surface area contributed by atoms with Crippen molar-refractivity contribution in [2.45, 2.75) is 0 Å². The van der Waals surface area contributed by atoms with Crippen LogP contribution in [0.1, 0.15) is 0 Å². The highest BCUT2D eigenvalue weighted by atomic mass is 79.9. The molecule has 0 fully saturated rings. The van der Waals surface area contributed by atoms with E-state index in [1.807, 2.05) is 0 Å². The standard InChI is InChI=1S/C5H5BrClN3O2S/c1-13(11,12)10-5-4(7)8-2-3(6)9-5/h2H,1H3,(H,9,10). The summed E-state index contributed by atoms with van der Waals surface area (Å²) in [6.07, 6.45) is 2.38. The van der Waals surface area contributed by atoms with Gasteiger partial charge in [0.2, 0.25) is 10.0 Å². The molecule has 72 valence electrons. The topological polar surface area (TPSA) is 72.0 Å². The molecule has 0 aromatic carbocycles. The van der Waals surface area contributed by atoms with E-state index >= 15 is 0 Å². The molecule has 5 nitrogen and oxygen atoms in total. The van der Waals surface area contributed by atoms with Gasteiger partial charge in [0.25, 0.3) is 0 Å². The fourth-order valence-electron chi connectivity index (χ4n) is 0.593. The second kappa shape index (κ2) is 3.77. The van der Waals surface area contributed by atoms with Gasteiger partial charge in [0.15, 0.2) is 11.0 Å². The van der Waals surface area contributed by atoms with Crippen LogP contribution >= 0.6 is 27.5 Å². The molecule has 0 amide bonds. The molecule has 0 spiro atoms. The van der Waals surface area contributed by atoms with Crippen LogP contribution in [0, 0.1) is 0 Å². The lowest BCUT2D eigenvalue weighted by Crippen LogP contribution is -2.11. The average Bonchev–Trinajstić information content (AvgIpc) is 1.94. The Hall–Kier alpha value is -0.400. The summed E-state index contributed by atoms with van der Waals surface area (Å²) in [5.74, 6) is 0.0125. The summed E-state index contributed by atoms with van der Waals surface area (Å²) in [7, 11) is -3.37. The molecule has 0 saturated heterocycles. The van der Waals surface area contributed by atoms with Gasteiger partial charge in [-0.1, -0.05) is 11.6 Å². The first-order valence-corrected chi connectivity index (χ1v) is 6.10. The summed E-state index contributed by atoms with van der Waals surface area (Å²) in [5, 5.41) is 0.00799. The van der Waals surface area contributed by atoms with Crippen molar-refractivity contribution in [3.8, 4) is 0 Å². The number of aromatic nitrogens is 2. The quantitative estimate of drug-likeness (QED) is 0.888. The van der Waals surface area contributed by atoms with Crippen molar-refractivity contribution in [1.29, 1.82) is 0 Å². The summed E-state index contributed by atoms with van der Waals surface area (Å²) in [6, 6.07) is 0. The SMILES string of the molecule is CS(=O)(=O)Nc1nc(Br)cnc1Cl. The Morgan fingerprint density at radius 3 is 2.77 bits per heavy atom. The summed E-state index contributed by atoms with van der Waals surface area (Å²) >= 11 is 8.62. The van der Waals surface area contributed by atoms with E-state index in [-0.39, 0.29) is 11.0 Å². The Balaban J connectivity index is 3.08. The lowest BCUT2D eigenvalue weighted by Gasteiger charge is -2.03. The molecule has 1 N–H and O–H groups in total. The van der Waals surface area contributed by atoms with Gasteiger partial charge in [0.05, 0.1) is 12.5 Å². The first-order chi connectivity index (χ1) is 5.88. The van der Waals surface area contributed by atoms with Crippen LogP contribution in [0.3, 0.4) is 0 Å². The molecule has 1 heterocycles. The maximum absolute atomic E-state index is 10.8. The first kappa shape index (κ1) is 10.7. The van der Waals surface area contributed by atoms with Crippen LogP contribution in [0.4, 0.5) is 5.82 Å². The first-order valence-electron chi connectivity index (χ1n) is 3.04. The minimum atomic E-state index is -3.37. The summed E-state index contributed by atoms with van der Waals surface area (Å²) in [5.41, 5.74) is 0. The predicted octanol–water partition coefficient (Wildman–Crippen LogP) is 1.26. The maximum atomic E-state index is 10.8. The highest BCUT2D eigenvalue weighted by molar-refractivity contribution is 9.10. The number of nitrogens with one attached hydrogen (secondary N) is 1. The van der Waals surface area contributed by atoms with Gasteiger partial charge in [-0.25, -0.2) is 18.4 Å². The fraction of sp³-hybridized carbons (Fsp3) is 0.200. The number of rotatable bonds is 2. The van der Waals surface area contributed by atoms with E-state index < -0.39 is 10.0 Å². The van der Waals surface area contributed by atoms with Gasteiger partial charge in [-0.15, -0.1) is 0 Å². The number of anilines is 1. The maximum Gasteiger partial charge on any atom is 0.231 e. The highest BCUT2D eigenvalue weighted by Crippen LogP contribution is 2.19. The zero-order chi connectivity index (χ0) is 10.1. The summed E-state index contributed by atoms with van der Waals surface area (Å²) in [6.45, 7) is 0. The molecule has 0 atom stereocenters. The Kier molecular flexibility index (Phi) is 3.09. The average molecular weight is 287 g/mol. The van der Waals surface area contributed by atoms with E-state index in [4.69, 9.17) is 11.6 Å². The molecule has 0 unspecified atom stereocenters. The largest absolute Gasteiger partial charge is 0.265 e. The van der Waals surface area contributed by atoms with E-state index in [1.54, 1.807) is 0 Å². The van der Waals surface area contributed by atoms with Crippen molar-refractivity contribution in [1.82, 2.24) is 9.97 Å². The van der Waals surface area contributed by atoms with Crippen molar-refractivity contribution < 1.29 is 8.42 Å². The van der Waals surface area contributed by atoms with Crippen LogP contribution in [-0.2, 0) is 10.0 Å². The molecule has 1 rings (SSSR count).